The summed E-state index contributed by atoms with van der Waals surface area (Å²) in [5.74, 6) is -0.0470. The molecule has 0 aliphatic rings. The molecular formula is C54H103NO5. The standard InChI is InChI=1S/C54H103NO5/c1-3-5-7-9-11-13-15-28-32-36-40-44-48-54(59)60-49-45-41-37-33-29-26-24-22-20-18-16-17-19-21-23-25-27-31-35-39-43-47-53(58)55-51(50-56)52(57)46-42-38-34-30-14-12-10-8-6-4-2/h11,13,17,19,51-52,56-57H,3-10,12,14-16,18,20-50H2,1-2H3,(H,55,58)/b13-11-,19-17-. The molecule has 0 spiro atoms. The van der Waals surface area contributed by atoms with Gasteiger partial charge < -0.3 is 20.3 Å². The maximum Gasteiger partial charge on any atom is 0.305 e. The number of amides is 1. The first-order chi connectivity index (χ1) is 29.5. The van der Waals surface area contributed by atoms with Crippen LogP contribution < -0.4 is 5.32 Å². The second kappa shape index (κ2) is 50.0. The number of unbranched alkanes of at least 4 members (excludes halogenated alkanes) is 34. The van der Waals surface area contributed by atoms with Crippen LogP contribution in [0, 0.1) is 0 Å². The highest BCUT2D eigenvalue weighted by Gasteiger charge is 2.20. The minimum Gasteiger partial charge on any atom is -0.466 e. The van der Waals surface area contributed by atoms with Crippen molar-refractivity contribution in [3.63, 3.8) is 0 Å². The molecule has 0 bridgehead atoms. The van der Waals surface area contributed by atoms with Gasteiger partial charge in [0, 0.05) is 12.8 Å². The molecule has 6 nitrogen and oxygen atoms in total. The second-order valence-electron chi connectivity index (χ2n) is 18.2. The van der Waals surface area contributed by atoms with Crippen molar-refractivity contribution in [1.82, 2.24) is 5.32 Å². The highest BCUT2D eigenvalue weighted by molar-refractivity contribution is 5.76. The first-order valence-electron chi connectivity index (χ1n) is 26.6. The summed E-state index contributed by atoms with van der Waals surface area (Å²) in [6.07, 6.45) is 58.7. The fraction of sp³-hybridized carbons (Fsp3) is 0.889. The third-order valence-electron chi connectivity index (χ3n) is 12.2. The van der Waals surface area contributed by atoms with E-state index >= 15 is 0 Å². The quantitative estimate of drug-likeness (QED) is 0.0322. The highest BCUT2D eigenvalue weighted by Crippen LogP contribution is 2.16. The van der Waals surface area contributed by atoms with Gasteiger partial charge in [-0.05, 0) is 77.0 Å². The minimum absolute atomic E-state index is 0.00228. The number of nitrogens with one attached hydrogen (secondary N) is 1. The van der Waals surface area contributed by atoms with Crippen molar-refractivity contribution >= 4 is 11.9 Å². The van der Waals surface area contributed by atoms with Gasteiger partial charge in [0.05, 0.1) is 25.4 Å². The molecule has 0 aliphatic heterocycles. The molecule has 2 unspecified atom stereocenters. The van der Waals surface area contributed by atoms with Crippen molar-refractivity contribution in [3.05, 3.63) is 24.3 Å². The molecule has 0 aromatic carbocycles. The largest absolute Gasteiger partial charge is 0.466 e. The number of ether oxygens (including phenoxy) is 1. The van der Waals surface area contributed by atoms with Crippen LogP contribution in [0.2, 0.25) is 0 Å². The second-order valence-corrected chi connectivity index (χ2v) is 18.2. The summed E-state index contributed by atoms with van der Waals surface area (Å²) >= 11 is 0. The van der Waals surface area contributed by atoms with E-state index in [1.807, 2.05) is 0 Å². The molecule has 0 aromatic rings. The third-order valence-corrected chi connectivity index (χ3v) is 12.2. The van der Waals surface area contributed by atoms with Gasteiger partial charge >= 0.3 is 5.97 Å². The fourth-order valence-electron chi connectivity index (χ4n) is 8.10. The molecule has 1 amide bonds. The molecule has 0 aromatic heterocycles. The monoisotopic (exact) mass is 846 g/mol. The lowest BCUT2D eigenvalue weighted by atomic mass is 10.0. The Kier molecular flexibility index (Phi) is 48.6. The van der Waals surface area contributed by atoms with Crippen LogP contribution in [0.4, 0.5) is 0 Å². The summed E-state index contributed by atoms with van der Waals surface area (Å²) in [6.45, 7) is 4.90. The summed E-state index contributed by atoms with van der Waals surface area (Å²) in [5, 5.41) is 23.1. The van der Waals surface area contributed by atoms with Gasteiger partial charge in [-0.1, -0.05) is 218 Å². The SMILES string of the molecule is CCCCC/C=C\CCCCCCCC(=O)OCCCCCCCCCCCC/C=C\CCCCCCCCCC(=O)NC(CO)C(O)CCCCCCCCCCCC. The maximum atomic E-state index is 12.4. The normalized spacial score (nSPS) is 12.8. The highest BCUT2D eigenvalue weighted by atomic mass is 16.5. The van der Waals surface area contributed by atoms with Gasteiger partial charge in [-0.3, -0.25) is 9.59 Å². The Bertz CT molecular complexity index is 935. The predicted molar refractivity (Wildman–Crippen MR) is 260 cm³/mol. The lowest BCUT2D eigenvalue weighted by molar-refractivity contribution is -0.143. The average Bonchev–Trinajstić information content (AvgIpc) is 3.25. The molecule has 0 saturated carbocycles. The van der Waals surface area contributed by atoms with Crippen LogP contribution in [-0.4, -0.2) is 47.4 Å². The number of allylic oxidation sites excluding steroid dienone is 4. The number of aliphatic hydroxyl groups excluding tert-OH is 2. The van der Waals surface area contributed by atoms with E-state index in [9.17, 15) is 19.8 Å². The smallest absolute Gasteiger partial charge is 0.305 e. The van der Waals surface area contributed by atoms with Crippen molar-refractivity contribution in [3.8, 4) is 0 Å². The number of carbonyl (C=O) groups excluding carboxylic acids is 2. The Labute approximate surface area is 373 Å². The van der Waals surface area contributed by atoms with Crippen LogP contribution >= 0.6 is 0 Å². The van der Waals surface area contributed by atoms with Crippen molar-refractivity contribution in [1.29, 1.82) is 0 Å². The van der Waals surface area contributed by atoms with E-state index in [0.717, 1.165) is 44.9 Å². The van der Waals surface area contributed by atoms with Gasteiger partial charge in [-0.25, -0.2) is 0 Å². The van der Waals surface area contributed by atoms with Crippen molar-refractivity contribution in [2.75, 3.05) is 13.2 Å². The van der Waals surface area contributed by atoms with Gasteiger partial charge in [0.2, 0.25) is 5.91 Å². The van der Waals surface area contributed by atoms with Gasteiger partial charge in [0.25, 0.3) is 0 Å². The first kappa shape index (κ1) is 58.3. The topological polar surface area (TPSA) is 95.9 Å². The zero-order valence-corrected chi connectivity index (χ0v) is 40.2. The zero-order chi connectivity index (χ0) is 43.7. The molecule has 60 heavy (non-hydrogen) atoms. The minimum atomic E-state index is -0.667. The Morgan fingerprint density at radius 1 is 0.450 bits per heavy atom. The summed E-state index contributed by atoms with van der Waals surface area (Å²) in [6, 6.07) is -0.545. The van der Waals surface area contributed by atoms with Gasteiger partial charge in [-0.2, -0.15) is 0 Å². The number of hydrogen-bond donors (Lipinski definition) is 3. The van der Waals surface area contributed by atoms with E-state index in [1.165, 1.54) is 205 Å². The Hall–Kier alpha value is -1.66. The fourth-order valence-corrected chi connectivity index (χ4v) is 8.10. The van der Waals surface area contributed by atoms with E-state index in [0.29, 0.717) is 25.9 Å². The lowest BCUT2D eigenvalue weighted by Gasteiger charge is -2.22. The Morgan fingerprint density at radius 2 is 0.783 bits per heavy atom. The van der Waals surface area contributed by atoms with Gasteiger partial charge in [-0.15, -0.1) is 0 Å². The molecule has 0 aliphatic carbocycles. The molecule has 6 heteroatoms. The number of rotatable bonds is 49. The molecule has 0 heterocycles. The number of carbonyl (C=O) groups is 2. The lowest BCUT2D eigenvalue weighted by Crippen LogP contribution is -2.45. The number of hydrogen-bond acceptors (Lipinski definition) is 5. The van der Waals surface area contributed by atoms with Crippen LogP contribution in [0.15, 0.2) is 24.3 Å². The summed E-state index contributed by atoms with van der Waals surface area (Å²) in [7, 11) is 0. The van der Waals surface area contributed by atoms with Crippen LogP contribution in [0.3, 0.4) is 0 Å². The van der Waals surface area contributed by atoms with Crippen LogP contribution in [0.1, 0.15) is 284 Å². The van der Waals surface area contributed by atoms with Gasteiger partial charge in [0.15, 0.2) is 0 Å². The van der Waals surface area contributed by atoms with Gasteiger partial charge in [0.1, 0.15) is 0 Å². The summed E-state index contributed by atoms with van der Waals surface area (Å²) < 4.78 is 5.45. The maximum absolute atomic E-state index is 12.4. The van der Waals surface area contributed by atoms with Crippen molar-refractivity contribution in [2.24, 2.45) is 0 Å². The van der Waals surface area contributed by atoms with E-state index in [1.54, 1.807) is 0 Å². The molecule has 3 N–H and O–H groups in total. The van der Waals surface area contributed by atoms with Crippen LogP contribution in [0.25, 0.3) is 0 Å². The van der Waals surface area contributed by atoms with E-state index in [2.05, 4.69) is 43.5 Å². The summed E-state index contributed by atoms with van der Waals surface area (Å²) in [4.78, 5) is 24.4. The molecule has 0 saturated heterocycles. The van der Waals surface area contributed by atoms with Crippen LogP contribution in [0.5, 0.6) is 0 Å². The number of esters is 1. The Balaban J connectivity index is 3.41. The molecule has 0 rings (SSSR count). The molecule has 2 atom stereocenters. The molecule has 354 valence electrons. The summed E-state index contributed by atoms with van der Waals surface area (Å²) in [5.41, 5.74) is 0. The third kappa shape index (κ3) is 45.9. The van der Waals surface area contributed by atoms with E-state index < -0.39 is 12.1 Å². The van der Waals surface area contributed by atoms with E-state index in [-0.39, 0.29) is 18.5 Å². The van der Waals surface area contributed by atoms with Crippen LogP contribution in [-0.2, 0) is 14.3 Å². The first-order valence-corrected chi connectivity index (χ1v) is 26.6. The van der Waals surface area contributed by atoms with Crippen molar-refractivity contribution < 1.29 is 24.5 Å². The zero-order valence-electron chi connectivity index (χ0n) is 40.2. The number of aliphatic hydroxyl groups is 2. The molecule has 0 fully saturated rings. The van der Waals surface area contributed by atoms with Crippen molar-refractivity contribution in [2.45, 2.75) is 296 Å². The Morgan fingerprint density at radius 3 is 1.22 bits per heavy atom. The molecular weight excluding hydrogens is 743 g/mol. The predicted octanol–water partition coefficient (Wildman–Crippen LogP) is 15.9. The van der Waals surface area contributed by atoms with E-state index in [4.69, 9.17) is 4.74 Å². The molecule has 0 radical (unpaired) electrons. The average molecular weight is 846 g/mol.